The Balaban J connectivity index is 1.52. The fraction of sp³-hybridized carbons (Fsp3) is 0.0667. The summed E-state index contributed by atoms with van der Waals surface area (Å²) in [6, 6.07) is 17.7. The zero-order valence-corrected chi connectivity index (χ0v) is 22.5. The molecule has 0 atom stereocenters. The van der Waals surface area contributed by atoms with E-state index in [1.165, 1.54) is 10.9 Å². The van der Waals surface area contributed by atoms with Gasteiger partial charge in [-0.15, -0.1) is 32.6 Å². The zero-order valence-electron chi connectivity index (χ0n) is 20.9. The van der Waals surface area contributed by atoms with Crippen LogP contribution in [0.15, 0.2) is 70.9 Å². The van der Waals surface area contributed by atoms with E-state index >= 15 is 0 Å². The maximum atomic E-state index is 13.2. The third-order valence-corrected chi connectivity index (χ3v) is 9.13. The van der Waals surface area contributed by atoms with Crippen LogP contribution in [-0.2, 0) is 6.18 Å². The lowest BCUT2D eigenvalue weighted by Crippen LogP contribution is -2.02. The number of thiophene rings is 2. The Bertz CT molecular complexity index is 2410. The first-order chi connectivity index (χ1) is 19.8. The maximum Gasteiger partial charge on any atom is 0.425 e. The maximum absolute atomic E-state index is 13.2. The number of nitrogens with zero attached hydrogens (tertiary/aromatic N) is 6. The summed E-state index contributed by atoms with van der Waals surface area (Å²) in [5.74, 6) is 0. The van der Waals surface area contributed by atoms with Gasteiger partial charge < -0.3 is 0 Å². The summed E-state index contributed by atoms with van der Waals surface area (Å²) in [6.07, 6.45) is -4.43. The van der Waals surface area contributed by atoms with Crippen LogP contribution >= 0.6 is 22.7 Å². The molecule has 0 fully saturated rings. The molecule has 11 heteroatoms. The molecule has 0 aliphatic heterocycles. The van der Waals surface area contributed by atoms with Crippen LogP contribution in [-0.4, -0.2) is 9.97 Å². The van der Waals surface area contributed by atoms with Gasteiger partial charge in [0.15, 0.2) is 10.7 Å². The highest BCUT2D eigenvalue weighted by Crippen LogP contribution is 2.39. The number of alkyl halides is 3. The fourth-order valence-electron chi connectivity index (χ4n) is 5.13. The fourth-order valence-corrected chi connectivity index (χ4v) is 6.87. The molecule has 4 aromatic carbocycles. The summed E-state index contributed by atoms with van der Waals surface area (Å²) >= 11 is 2.33. The smallest absolute Gasteiger partial charge is 0.241 e. The largest absolute Gasteiger partial charge is 0.425 e. The highest BCUT2D eigenvalue weighted by Gasteiger charge is 2.32. The van der Waals surface area contributed by atoms with E-state index in [1.54, 1.807) is 29.5 Å². The summed E-state index contributed by atoms with van der Waals surface area (Å²) in [6.45, 7) is 16.9. The lowest BCUT2D eigenvalue weighted by Gasteiger charge is -2.01. The van der Waals surface area contributed by atoms with Crippen molar-refractivity contribution in [1.29, 1.82) is 0 Å². The molecule has 0 saturated heterocycles. The number of hydrogen-bond donors (Lipinski definition) is 0. The minimum Gasteiger partial charge on any atom is -0.241 e. The average Bonchev–Trinajstić information content (AvgIpc) is 3.73. The second-order valence-corrected chi connectivity index (χ2v) is 11.7. The van der Waals surface area contributed by atoms with Crippen LogP contribution in [0.3, 0.4) is 0 Å². The van der Waals surface area contributed by atoms with Gasteiger partial charge in [-0.05, 0) is 54.4 Å². The number of aryl methyl sites for hydroxylation is 1. The number of hydrogen-bond acceptors (Lipinski definition) is 6. The van der Waals surface area contributed by atoms with E-state index in [0.717, 1.165) is 27.3 Å². The van der Waals surface area contributed by atoms with Gasteiger partial charge in [0.1, 0.15) is 15.9 Å². The van der Waals surface area contributed by atoms with Crippen LogP contribution in [0.1, 0.15) is 9.75 Å². The van der Waals surface area contributed by atoms with Crippen LogP contribution in [0, 0.1) is 20.1 Å². The van der Waals surface area contributed by atoms with Crippen molar-refractivity contribution in [1.82, 2.24) is 9.97 Å². The van der Waals surface area contributed by atoms with E-state index in [4.69, 9.17) is 23.1 Å². The topological polar surface area (TPSA) is 59.2 Å². The molecule has 0 amide bonds. The standard InChI is InChI=1S/C30H13F3N6S2/c1-14-4-9-21(40-14)15-5-7-17-19(12-15)26(38-34-2)28-24(17)36-29-25(37-28)18-8-6-16(13-20(18)27(29)39-35-3)22-10-11-23(41-22)30(31,32)33/h4-13H,1H3/b38-26+,39-27-. The predicted octanol–water partition coefficient (Wildman–Crippen LogP) is 8.22. The Kier molecular flexibility index (Phi) is 5.51. The summed E-state index contributed by atoms with van der Waals surface area (Å²) in [5.41, 5.74) is 3.45. The molecular weight excluding hydrogens is 566 g/mol. The summed E-state index contributed by atoms with van der Waals surface area (Å²) < 4.78 is 39.6. The first-order valence-corrected chi connectivity index (χ1v) is 13.8. The number of rotatable bonds is 2. The Morgan fingerprint density at radius 3 is 1.61 bits per heavy atom. The molecule has 0 radical (unpaired) electrons. The van der Waals surface area contributed by atoms with Crippen molar-refractivity contribution in [2.45, 2.75) is 13.1 Å². The van der Waals surface area contributed by atoms with Crippen LogP contribution in [0.5, 0.6) is 0 Å². The van der Waals surface area contributed by atoms with Crippen molar-refractivity contribution in [3.05, 3.63) is 104 Å². The molecule has 0 bridgehead atoms. The Morgan fingerprint density at radius 2 is 1.17 bits per heavy atom. The van der Waals surface area contributed by atoms with E-state index in [0.29, 0.717) is 65.3 Å². The molecule has 3 aromatic heterocycles. The molecular formula is C30H13F3N6S2. The van der Waals surface area contributed by atoms with Gasteiger partial charge >= 0.3 is 6.18 Å². The molecule has 0 saturated carbocycles. The minimum absolute atomic E-state index is 0.303. The first kappa shape index (κ1) is 25.0. The van der Waals surface area contributed by atoms with Crippen LogP contribution in [0.4, 0.5) is 13.2 Å². The van der Waals surface area contributed by atoms with Gasteiger partial charge in [0, 0.05) is 36.2 Å². The van der Waals surface area contributed by atoms with Crippen LogP contribution in [0.25, 0.3) is 74.4 Å². The van der Waals surface area contributed by atoms with Gasteiger partial charge in [-0.25, -0.2) is 9.97 Å². The minimum atomic E-state index is -4.43. The van der Waals surface area contributed by atoms with Gasteiger partial charge in [0.25, 0.3) is 0 Å². The van der Waals surface area contributed by atoms with Gasteiger partial charge in [-0.2, -0.15) is 26.3 Å². The third kappa shape index (κ3) is 3.90. The van der Waals surface area contributed by atoms with Gasteiger partial charge in [-0.1, -0.05) is 24.3 Å². The molecule has 0 spiro atoms. The van der Waals surface area contributed by atoms with E-state index < -0.39 is 11.1 Å². The van der Waals surface area contributed by atoms with Gasteiger partial charge in [0.2, 0.25) is 0 Å². The summed E-state index contributed by atoms with van der Waals surface area (Å²) in [4.78, 5) is 18.4. The molecule has 7 aromatic rings. The van der Waals surface area contributed by atoms with Crippen LogP contribution in [0.2, 0.25) is 0 Å². The Morgan fingerprint density at radius 1 is 0.659 bits per heavy atom. The SMILES string of the molecule is [C-]#[N+]/N=c1/c2cc(-c3ccc(C(F)(F)F)s3)ccc2c2nc3/c(=N/[N+]#[C-])c4cc(-c5ccc(C)s5)ccc4c3nc12. The van der Waals surface area contributed by atoms with E-state index in [9.17, 15) is 13.2 Å². The van der Waals surface area contributed by atoms with E-state index in [1.807, 2.05) is 25.1 Å². The molecule has 0 N–H and O–H groups in total. The molecule has 3 heterocycles. The Hall–Kier alpha value is -4.97. The van der Waals surface area contributed by atoms with Crippen molar-refractivity contribution >= 4 is 66.3 Å². The normalized spacial score (nSPS) is 13.1. The van der Waals surface area contributed by atoms with Crippen molar-refractivity contribution in [3.63, 3.8) is 0 Å². The van der Waals surface area contributed by atoms with Crippen molar-refractivity contribution < 1.29 is 13.2 Å². The molecule has 7 rings (SSSR count). The van der Waals surface area contributed by atoms with Crippen molar-refractivity contribution in [3.8, 4) is 20.9 Å². The molecule has 6 nitrogen and oxygen atoms in total. The predicted molar refractivity (Wildman–Crippen MR) is 155 cm³/mol. The quantitative estimate of drug-likeness (QED) is 0.153. The number of aromatic nitrogens is 2. The van der Waals surface area contributed by atoms with E-state index in [2.05, 4.69) is 32.2 Å². The summed E-state index contributed by atoms with van der Waals surface area (Å²) in [5, 5.41) is 11.6. The molecule has 196 valence electrons. The molecule has 41 heavy (non-hydrogen) atoms. The molecule has 0 unspecified atom stereocenters. The molecule has 0 aliphatic carbocycles. The second-order valence-electron chi connectivity index (χ2n) is 9.31. The lowest BCUT2D eigenvalue weighted by atomic mass is 10.1. The number of fused-ring (bicyclic) bond motifs is 6. The Labute approximate surface area is 237 Å². The van der Waals surface area contributed by atoms with Crippen LogP contribution < -0.4 is 10.7 Å². The zero-order chi connectivity index (χ0) is 28.5. The van der Waals surface area contributed by atoms with Crippen molar-refractivity contribution in [2.24, 2.45) is 10.2 Å². The van der Waals surface area contributed by atoms with E-state index in [-0.39, 0.29) is 0 Å². The number of halogens is 3. The van der Waals surface area contributed by atoms with Crippen molar-refractivity contribution in [2.75, 3.05) is 0 Å². The first-order valence-electron chi connectivity index (χ1n) is 12.1. The molecule has 0 aliphatic rings. The monoisotopic (exact) mass is 578 g/mol. The highest BCUT2D eigenvalue weighted by atomic mass is 32.1. The van der Waals surface area contributed by atoms with Gasteiger partial charge in [0.05, 0.1) is 21.2 Å². The number of benzene rings is 2. The second kappa shape index (κ2) is 9.03. The average molecular weight is 579 g/mol. The van der Waals surface area contributed by atoms with Gasteiger partial charge in [-0.3, -0.25) is 0 Å². The lowest BCUT2D eigenvalue weighted by molar-refractivity contribution is -0.134. The summed E-state index contributed by atoms with van der Waals surface area (Å²) in [7, 11) is 0. The third-order valence-electron chi connectivity index (χ3n) is 6.90. The highest BCUT2D eigenvalue weighted by molar-refractivity contribution is 7.15.